The Labute approximate surface area is 111 Å². The molecule has 0 saturated heterocycles. The van der Waals surface area contributed by atoms with Crippen LogP contribution in [0.3, 0.4) is 0 Å². The number of nitrogens with zero attached hydrogens (tertiary/aromatic N) is 1. The van der Waals surface area contributed by atoms with Gasteiger partial charge < -0.3 is 5.32 Å². The van der Waals surface area contributed by atoms with Crippen molar-refractivity contribution in [2.75, 3.05) is 0 Å². The van der Waals surface area contributed by atoms with E-state index in [1.165, 1.54) is 0 Å². The third-order valence-corrected chi connectivity index (χ3v) is 2.70. The molecule has 0 aliphatic heterocycles. The number of nitrogens with one attached hydrogen (secondary N) is 1. The number of pyridine rings is 1. The molecule has 0 unspecified atom stereocenters. The van der Waals surface area contributed by atoms with Crippen molar-refractivity contribution in [2.24, 2.45) is 0 Å². The van der Waals surface area contributed by atoms with Crippen LogP contribution in [0.2, 0.25) is 5.02 Å². The summed E-state index contributed by atoms with van der Waals surface area (Å²) in [4.78, 5) is 16.3. The molecular formula is C14H15ClN2O. The minimum Gasteiger partial charge on any atom is -0.346 e. The van der Waals surface area contributed by atoms with Gasteiger partial charge in [-0.2, -0.15) is 0 Å². The molecule has 18 heavy (non-hydrogen) atoms. The maximum absolute atomic E-state index is 12.0. The minimum absolute atomic E-state index is 0.213. The number of para-hydroxylation sites is 1. The lowest BCUT2D eigenvalue weighted by atomic mass is 10.1. The highest BCUT2D eigenvalue weighted by Crippen LogP contribution is 2.22. The average Bonchev–Trinajstić information content (AvgIpc) is 2.26. The van der Waals surface area contributed by atoms with E-state index in [1.807, 2.05) is 45.0 Å². The summed E-state index contributed by atoms with van der Waals surface area (Å²) in [7, 11) is 0. The van der Waals surface area contributed by atoms with Gasteiger partial charge in [-0.3, -0.25) is 4.79 Å². The second-order valence-electron chi connectivity index (χ2n) is 5.21. The van der Waals surface area contributed by atoms with Crippen LogP contribution in [0.25, 0.3) is 10.9 Å². The first-order valence-corrected chi connectivity index (χ1v) is 6.12. The molecule has 0 bridgehead atoms. The third kappa shape index (κ3) is 2.79. The molecule has 0 fully saturated rings. The Morgan fingerprint density at radius 3 is 2.61 bits per heavy atom. The Balaban J connectivity index is 2.44. The van der Waals surface area contributed by atoms with E-state index in [-0.39, 0.29) is 11.4 Å². The summed E-state index contributed by atoms with van der Waals surface area (Å²) >= 11 is 6.16. The summed E-state index contributed by atoms with van der Waals surface area (Å²) < 4.78 is 0. The number of carbonyl (C=O) groups excluding carboxylic acids is 1. The van der Waals surface area contributed by atoms with Gasteiger partial charge in [0.15, 0.2) is 0 Å². The van der Waals surface area contributed by atoms with Crippen molar-refractivity contribution < 1.29 is 4.79 Å². The molecule has 1 N–H and O–H groups in total. The summed E-state index contributed by atoms with van der Waals surface area (Å²) in [5, 5.41) is 4.26. The quantitative estimate of drug-likeness (QED) is 0.856. The lowest BCUT2D eigenvalue weighted by molar-refractivity contribution is 0.0915. The number of aromatic nitrogens is 1. The largest absolute Gasteiger partial charge is 0.346 e. The van der Waals surface area contributed by atoms with Crippen molar-refractivity contribution in [1.82, 2.24) is 10.3 Å². The smallest absolute Gasteiger partial charge is 0.270 e. The molecule has 1 heterocycles. The van der Waals surface area contributed by atoms with Gasteiger partial charge in [-0.1, -0.05) is 29.8 Å². The highest BCUT2D eigenvalue weighted by Gasteiger charge is 2.17. The molecule has 0 radical (unpaired) electrons. The Morgan fingerprint density at radius 1 is 1.28 bits per heavy atom. The number of benzene rings is 1. The Kier molecular flexibility index (Phi) is 3.26. The minimum atomic E-state index is -0.295. The fourth-order valence-corrected chi connectivity index (χ4v) is 1.92. The number of rotatable bonds is 1. The van der Waals surface area contributed by atoms with Gasteiger partial charge in [0.1, 0.15) is 5.69 Å². The van der Waals surface area contributed by atoms with Crippen LogP contribution in [0.15, 0.2) is 30.3 Å². The van der Waals surface area contributed by atoms with E-state index in [9.17, 15) is 4.79 Å². The monoisotopic (exact) mass is 262 g/mol. The normalized spacial score (nSPS) is 11.6. The molecule has 1 amide bonds. The van der Waals surface area contributed by atoms with Gasteiger partial charge in [0, 0.05) is 10.9 Å². The average molecular weight is 263 g/mol. The van der Waals surface area contributed by atoms with Crippen LogP contribution in [-0.2, 0) is 0 Å². The van der Waals surface area contributed by atoms with E-state index < -0.39 is 0 Å². The standard InChI is InChI=1S/C14H15ClN2O/c1-14(2,3)17-13(18)12-8-10(15)9-6-4-5-7-11(9)16-12/h4-8H,1-3H3,(H,17,18). The van der Waals surface area contributed by atoms with Gasteiger partial charge in [-0.05, 0) is 32.9 Å². The Morgan fingerprint density at radius 2 is 1.94 bits per heavy atom. The predicted octanol–water partition coefficient (Wildman–Crippen LogP) is 3.42. The number of carbonyl (C=O) groups is 1. The maximum atomic E-state index is 12.0. The van der Waals surface area contributed by atoms with Gasteiger partial charge in [0.05, 0.1) is 10.5 Å². The van der Waals surface area contributed by atoms with E-state index in [0.717, 1.165) is 10.9 Å². The van der Waals surface area contributed by atoms with E-state index in [0.29, 0.717) is 10.7 Å². The Bertz CT molecular complexity index is 602. The van der Waals surface area contributed by atoms with Crippen molar-refractivity contribution in [3.05, 3.63) is 41.0 Å². The molecule has 94 valence electrons. The molecule has 2 rings (SSSR count). The number of hydrogen-bond donors (Lipinski definition) is 1. The number of fused-ring (bicyclic) bond motifs is 1. The van der Waals surface area contributed by atoms with E-state index in [2.05, 4.69) is 10.3 Å². The second-order valence-corrected chi connectivity index (χ2v) is 5.62. The van der Waals surface area contributed by atoms with Gasteiger partial charge >= 0.3 is 0 Å². The molecule has 1 aromatic heterocycles. The van der Waals surface area contributed by atoms with Crippen LogP contribution in [0.1, 0.15) is 31.3 Å². The van der Waals surface area contributed by atoms with Crippen molar-refractivity contribution >= 4 is 28.4 Å². The number of amides is 1. The van der Waals surface area contributed by atoms with Crippen LogP contribution >= 0.6 is 11.6 Å². The van der Waals surface area contributed by atoms with Crippen LogP contribution < -0.4 is 5.32 Å². The first-order chi connectivity index (χ1) is 8.37. The molecule has 4 heteroatoms. The van der Waals surface area contributed by atoms with Crippen molar-refractivity contribution in [3.63, 3.8) is 0 Å². The number of hydrogen-bond acceptors (Lipinski definition) is 2. The van der Waals surface area contributed by atoms with Gasteiger partial charge in [-0.15, -0.1) is 0 Å². The van der Waals surface area contributed by atoms with Gasteiger partial charge in [0.2, 0.25) is 0 Å². The molecule has 0 aliphatic carbocycles. The maximum Gasteiger partial charge on any atom is 0.270 e. The zero-order valence-electron chi connectivity index (χ0n) is 10.6. The van der Waals surface area contributed by atoms with Crippen molar-refractivity contribution in [2.45, 2.75) is 26.3 Å². The molecule has 2 aromatic rings. The predicted molar refractivity (Wildman–Crippen MR) is 74.0 cm³/mol. The fraction of sp³-hybridized carbons (Fsp3) is 0.286. The zero-order chi connectivity index (χ0) is 13.3. The summed E-state index contributed by atoms with van der Waals surface area (Å²) in [5.41, 5.74) is 0.773. The van der Waals surface area contributed by atoms with Crippen LogP contribution in [0, 0.1) is 0 Å². The molecular weight excluding hydrogens is 248 g/mol. The van der Waals surface area contributed by atoms with Crippen LogP contribution in [-0.4, -0.2) is 16.4 Å². The summed E-state index contributed by atoms with van der Waals surface area (Å²) in [6.45, 7) is 5.77. The third-order valence-electron chi connectivity index (χ3n) is 2.39. The van der Waals surface area contributed by atoms with Crippen molar-refractivity contribution in [3.8, 4) is 0 Å². The molecule has 1 aromatic carbocycles. The second kappa shape index (κ2) is 4.58. The highest BCUT2D eigenvalue weighted by atomic mass is 35.5. The lowest BCUT2D eigenvalue weighted by Crippen LogP contribution is -2.40. The van der Waals surface area contributed by atoms with E-state index in [4.69, 9.17) is 11.6 Å². The SMILES string of the molecule is CC(C)(C)NC(=O)c1cc(Cl)c2ccccc2n1. The molecule has 3 nitrogen and oxygen atoms in total. The number of halogens is 1. The fourth-order valence-electron chi connectivity index (χ4n) is 1.65. The topological polar surface area (TPSA) is 42.0 Å². The first kappa shape index (κ1) is 12.8. The molecule has 0 saturated carbocycles. The van der Waals surface area contributed by atoms with Gasteiger partial charge in [-0.25, -0.2) is 4.98 Å². The van der Waals surface area contributed by atoms with E-state index >= 15 is 0 Å². The Hall–Kier alpha value is -1.61. The highest BCUT2D eigenvalue weighted by molar-refractivity contribution is 6.35. The van der Waals surface area contributed by atoms with Crippen LogP contribution in [0.5, 0.6) is 0 Å². The van der Waals surface area contributed by atoms with E-state index in [1.54, 1.807) is 6.07 Å². The molecule has 0 atom stereocenters. The van der Waals surface area contributed by atoms with Crippen LogP contribution in [0.4, 0.5) is 0 Å². The van der Waals surface area contributed by atoms with Gasteiger partial charge in [0.25, 0.3) is 5.91 Å². The zero-order valence-corrected chi connectivity index (χ0v) is 11.4. The summed E-state index contributed by atoms with van der Waals surface area (Å²) in [5.74, 6) is -0.213. The lowest BCUT2D eigenvalue weighted by Gasteiger charge is -2.20. The molecule has 0 aliphatic rings. The summed E-state index contributed by atoms with van der Waals surface area (Å²) in [6, 6.07) is 9.10. The summed E-state index contributed by atoms with van der Waals surface area (Å²) in [6.07, 6.45) is 0. The first-order valence-electron chi connectivity index (χ1n) is 5.75. The molecule has 0 spiro atoms. The van der Waals surface area contributed by atoms with Crippen molar-refractivity contribution in [1.29, 1.82) is 0 Å².